The normalized spacial score (nSPS) is 10.4. The quantitative estimate of drug-likeness (QED) is 0.825. The maximum atomic E-state index is 11.7. The molecule has 0 bridgehead atoms. The van der Waals surface area contributed by atoms with Crippen molar-refractivity contribution >= 4 is 22.7 Å². The third-order valence-corrected chi connectivity index (χ3v) is 2.85. The van der Waals surface area contributed by atoms with E-state index in [0.717, 1.165) is 30.2 Å². The maximum Gasteiger partial charge on any atom is 0.411 e. The van der Waals surface area contributed by atoms with Crippen molar-refractivity contribution in [3.05, 3.63) is 36.5 Å². The summed E-state index contributed by atoms with van der Waals surface area (Å²) in [5.41, 5.74) is 1.45. The zero-order chi connectivity index (χ0) is 13.5. The van der Waals surface area contributed by atoms with Gasteiger partial charge in [-0.1, -0.05) is 38.0 Å². The number of benzene rings is 1. The fourth-order valence-corrected chi connectivity index (χ4v) is 1.87. The molecular formula is C15H18N2O2. The van der Waals surface area contributed by atoms with Crippen LogP contribution in [0.1, 0.15) is 26.2 Å². The van der Waals surface area contributed by atoms with Gasteiger partial charge >= 0.3 is 6.09 Å². The highest BCUT2D eigenvalue weighted by molar-refractivity contribution is 5.97. The third-order valence-electron chi connectivity index (χ3n) is 2.85. The number of fused-ring (bicyclic) bond motifs is 1. The number of aromatic nitrogens is 1. The number of anilines is 1. The Morgan fingerprint density at radius 3 is 2.95 bits per heavy atom. The molecule has 19 heavy (non-hydrogen) atoms. The average molecular weight is 258 g/mol. The van der Waals surface area contributed by atoms with Crippen LogP contribution in [0.15, 0.2) is 36.5 Å². The second-order valence-corrected chi connectivity index (χ2v) is 4.35. The Bertz CT molecular complexity index is 549. The molecule has 0 fully saturated rings. The highest BCUT2D eigenvalue weighted by Gasteiger charge is 2.06. The number of pyridine rings is 1. The molecule has 4 heteroatoms. The van der Waals surface area contributed by atoms with Crippen LogP contribution in [-0.4, -0.2) is 17.7 Å². The number of para-hydroxylation sites is 1. The molecule has 0 radical (unpaired) electrons. The fourth-order valence-electron chi connectivity index (χ4n) is 1.87. The van der Waals surface area contributed by atoms with Crippen LogP contribution in [0.3, 0.4) is 0 Å². The predicted octanol–water partition coefficient (Wildman–Crippen LogP) is 3.97. The molecule has 0 spiro atoms. The summed E-state index contributed by atoms with van der Waals surface area (Å²) in [6.45, 7) is 2.57. The van der Waals surface area contributed by atoms with Gasteiger partial charge in [0.2, 0.25) is 0 Å². The second kappa shape index (κ2) is 6.73. The van der Waals surface area contributed by atoms with Crippen molar-refractivity contribution in [2.24, 2.45) is 0 Å². The lowest BCUT2D eigenvalue weighted by Gasteiger charge is -2.08. The van der Waals surface area contributed by atoms with Crippen LogP contribution < -0.4 is 5.32 Å². The molecule has 2 rings (SSSR count). The number of carbonyl (C=O) groups excluding carboxylic acids is 1. The molecule has 1 heterocycles. The number of ether oxygens (including phenoxy) is 1. The van der Waals surface area contributed by atoms with Crippen molar-refractivity contribution in [3.8, 4) is 0 Å². The summed E-state index contributed by atoms with van der Waals surface area (Å²) in [5, 5.41) is 3.73. The number of unbranched alkanes of at least 4 members (excludes halogenated alkanes) is 2. The Hall–Kier alpha value is -2.10. The van der Waals surface area contributed by atoms with Gasteiger partial charge in [0.15, 0.2) is 0 Å². The number of hydrogen-bond donors (Lipinski definition) is 1. The summed E-state index contributed by atoms with van der Waals surface area (Å²) in [6.07, 6.45) is 4.37. The van der Waals surface area contributed by atoms with Crippen molar-refractivity contribution in [3.63, 3.8) is 0 Å². The lowest BCUT2D eigenvalue weighted by molar-refractivity contribution is 0.159. The summed E-state index contributed by atoms with van der Waals surface area (Å²) < 4.78 is 5.12. The van der Waals surface area contributed by atoms with Gasteiger partial charge < -0.3 is 4.74 Å². The first-order valence-corrected chi connectivity index (χ1v) is 6.59. The first-order valence-electron chi connectivity index (χ1n) is 6.59. The van der Waals surface area contributed by atoms with Gasteiger partial charge in [-0.3, -0.25) is 10.3 Å². The molecule has 2 aromatic rings. The van der Waals surface area contributed by atoms with Crippen LogP contribution in [-0.2, 0) is 4.74 Å². The van der Waals surface area contributed by atoms with Crippen molar-refractivity contribution < 1.29 is 9.53 Å². The number of amides is 1. The van der Waals surface area contributed by atoms with E-state index in [2.05, 4.69) is 17.2 Å². The molecule has 4 nitrogen and oxygen atoms in total. The average Bonchev–Trinajstić information content (AvgIpc) is 2.44. The largest absolute Gasteiger partial charge is 0.449 e. The fraction of sp³-hybridized carbons (Fsp3) is 0.333. The van der Waals surface area contributed by atoms with Crippen molar-refractivity contribution in [1.82, 2.24) is 4.98 Å². The Kier molecular flexibility index (Phi) is 4.72. The van der Waals surface area contributed by atoms with Crippen LogP contribution in [0.2, 0.25) is 0 Å². The number of nitrogens with zero attached hydrogens (tertiary/aromatic N) is 1. The van der Waals surface area contributed by atoms with Gasteiger partial charge in [-0.25, -0.2) is 4.79 Å². The molecule has 1 aromatic heterocycles. The van der Waals surface area contributed by atoms with E-state index in [4.69, 9.17) is 4.74 Å². The first kappa shape index (κ1) is 13.3. The molecular weight excluding hydrogens is 240 g/mol. The monoisotopic (exact) mass is 258 g/mol. The van der Waals surface area contributed by atoms with E-state index in [9.17, 15) is 4.79 Å². The molecule has 1 N–H and O–H groups in total. The number of nitrogens with one attached hydrogen (secondary N) is 1. The Morgan fingerprint density at radius 1 is 1.26 bits per heavy atom. The van der Waals surface area contributed by atoms with Crippen LogP contribution in [0.5, 0.6) is 0 Å². The van der Waals surface area contributed by atoms with Gasteiger partial charge in [0.1, 0.15) is 0 Å². The van der Waals surface area contributed by atoms with Crippen molar-refractivity contribution in [1.29, 1.82) is 0 Å². The molecule has 1 aromatic carbocycles. The Labute approximate surface area is 112 Å². The summed E-state index contributed by atoms with van der Waals surface area (Å²) in [5.74, 6) is 0. The summed E-state index contributed by atoms with van der Waals surface area (Å²) >= 11 is 0. The molecule has 0 aliphatic heterocycles. The number of carbonyl (C=O) groups is 1. The van der Waals surface area contributed by atoms with Crippen molar-refractivity contribution in [2.45, 2.75) is 26.2 Å². The zero-order valence-electron chi connectivity index (χ0n) is 11.1. The van der Waals surface area contributed by atoms with Crippen LogP contribution in [0, 0.1) is 0 Å². The predicted molar refractivity (Wildman–Crippen MR) is 76.2 cm³/mol. The number of hydrogen-bond acceptors (Lipinski definition) is 3. The van der Waals surface area contributed by atoms with E-state index < -0.39 is 6.09 Å². The van der Waals surface area contributed by atoms with Gasteiger partial charge in [-0.2, -0.15) is 0 Å². The SMILES string of the molecule is CCCCCOC(=O)Nc1cccc2cccnc12. The van der Waals surface area contributed by atoms with E-state index in [1.807, 2.05) is 30.3 Å². The summed E-state index contributed by atoms with van der Waals surface area (Å²) in [4.78, 5) is 15.9. The van der Waals surface area contributed by atoms with Crippen LogP contribution in [0.25, 0.3) is 10.9 Å². The molecule has 0 aliphatic carbocycles. The summed E-state index contributed by atoms with van der Waals surface area (Å²) in [7, 11) is 0. The molecule has 1 amide bonds. The lowest BCUT2D eigenvalue weighted by atomic mass is 10.2. The summed E-state index contributed by atoms with van der Waals surface area (Å²) in [6, 6.07) is 9.49. The van der Waals surface area contributed by atoms with Gasteiger partial charge in [-0.05, 0) is 18.6 Å². The third kappa shape index (κ3) is 3.68. The Morgan fingerprint density at radius 2 is 2.11 bits per heavy atom. The molecule has 0 unspecified atom stereocenters. The standard InChI is InChI=1S/C15H18N2O2/c1-2-3-4-11-19-15(18)17-13-9-5-7-12-8-6-10-16-14(12)13/h5-10H,2-4,11H2,1H3,(H,17,18). The van der Waals surface area contributed by atoms with Gasteiger partial charge in [-0.15, -0.1) is 0 Å². The lowest BCUT2D eigenvalue weighted by Crippen LogP contribution is -2.14. The minimum absolute atomic E-state index is 0.422. The van der Waals surface area contributed by atoms with E-state index in [1.54, 1.807) is 6.20 Å². The molecule has 0 saturated heterocycles. The van der Waals surface area contributed by atoms with Crippen LogP contribution >= 0.6 is 0 Å². The van der Waals surface area contributed by atoms with E-state index in [0.29, 0.717) is 12.3 Å². The maximum absolute atomic E-state index is 11.7. The van der Waals surface area contributed by atoms with Crippen LogP contribution in [0.4, 0.5) is 10.5 Å². The zero-order valence-corrected chi connectivity index (χ0v) is 11.1. The molecule has 0 atom stereocenters. The smallest absolute Gasteiger partial charge is 0.411 e. The minimum atomic E-state index is -0.422. The minimum Gasteiger partial charge on any atom is -0.449 e. The van der Waals surface area contributed by atoms with Gasteiger partial charge in [0, 0.05) is 11.6 Å². The van der Waals surface area contributed by atoms with Crippen molar-refractivity contribution in [2.75, 3.05) is 11.9 Å². The Balaban J connectivity index is 1.99. The highest BCUT2D eigenvalue weighted by Crippen LogP contribution is 2.20. The number of rotatable bonds is 5. The van der Waals surface area contributed by atoms with Gasteiger partial charge in [0.25, 0.3) is 0 Å². The second-order valence-electron chi connectivity index (χ2n) is 4.35. The van der Waals surface area contributed by atoms with E-state index in [1.165, 1.54) is 0 Å². The molecule has 0 saturated carbocycles. The first-order chi connectivity index (χ1) is 9.31. The highest BCUT2D eigenvalue weighted by atomic mass is 16.5. The molecule has 0 aliphatic rings. The van der Waals surface area contributed by atoms with E-state index >= 15 is 0 Å². The topological polar surface area (TPSA) is 51.2 Å². The molecule has 100 valence electrons. The van der Waals surface area contributed by atoms with E-state index in [-0.39, 0.29) is 0 Å². The van der Waals surface area contributed by atoms with Gasteiger partial charge in [0.05, 0.1) is 17.8 Å².